The van der Waals surface area contributed by atoms with Crippen molar-refractivity contribution in [3.63, 3.8) is 0 Å². The van der Waals surface area contributed by atoms with Crippen LogP contribution < -0.4 is 16.4 Å². The van der Waals surface area contributed by atoms with Gasteiger partial charge in [-0.25, -0.2) is 4.79 Å². The molecule has 0 radical (unpaired) electrons. The van der Waals surface area contributed by atoms with Crippen LogP contribution >= 0.6 is 0 Å². The molecular formula is C25H45N5O8Si. The number of aliphatic hydroxyl groups excluding tert-OH is 1. The average molecular weight is 572 g/mol. The van der Waals surface area contributed by atoms with Gasteiger partial charge in [-0.15, -0.1) is 0 Å². The van der Waals surface area contributed by atoms with E-state index < -0.39 is 62.5 Å². The zero-order valence-electron chi connectivity index (χ0n) is 24.0. The summed E-state index contributed by atoms with van der Waals surface area (Å²) in [5.41, 5.74) is 5.10. The van der Waals surface area contributed by atoms with Crippen LogP contribution in [-0.2, 0) is 23.6 Å². The molecule has 13 nitrogen and oxygen atoms in total. The maximum atomic E-state index is 13.6. The highest BCUT2D eigenvalue weighted by molar-refractivity contribution is 6.74. The first-order valence-electron chi connectivity index (χ1n) is 13.4. The lowest BCUT2D eigenvalue weighted by Crippen LogP contribution is -2.56. The second-order valence-electron chi connectivity index (χ2n) is 12.1. The zero-order chi connectivity index (χ0) is 29.9. The first kappa shape index (κ1) is 32.5. The van der Waals surface area contributed by atoms with Gasteiger partial charge in [-0.3, -0.25) is 19.2 Å². The number of carbonyl (C=O) groups is 5. The van der Waals surface area contributed by atoms with E-state index in [1.54, 1.807) is 6.92 Å². The Morgan fingerprint density at radius 1 is 1.03 bits per heavy atom. The molecule has 2 aliphatic rings. The molecule has 2 heterocycles. The minimum absolute atomic E-state index is 0.135. The number of aliphatic hydroxyl groups is 1. The average Bonchev–Trinajstić information content (AvgIpc) is 3.50. The molecule has 2 saturated heterocycles. The van der Waals surface area contributed by atoms with Crippen LogP contribution in [0.4, 0.5) is 4.79 Å². The quantitative estimate of drug-likeness (QED) is 0.230. The van der Waals surface area contributed by atoms with Crippen LogP contribution in [0.2, 0.25) is 18.1 Å². The molecule has 2 aliphatic heterocycles. The lowest BCUT2D eigenvalue weighted by molar-refractivity contribution is -0.143. The number of carbonyl (C=O) groups excluding carboxylic acids is 4. The summed E-state index contributed by atoms with van der Waals surface area (Å²) in [5.74, 6) is -2.57. The number of nitrogens with one attached hydrogen (secondary N) is 2. The van der Waals surface area contributed by atoms with Crippen molar-refractivity contribution in [2.45, 2.75) is 102 Å². The van der Waals surface area contributed by atoms with Gasteiger partial charge in [0, 0.05) is 19.6 Å². The molecule has 0 bridgehead atoms. The molecule has 0 aromatic rings. The van der Waals surface area contributed by atoms with E-state index in [4.69, 9.17) is 10.2 Å². The van der Waals surface area contributed by atoms with E-state index in [0.29, 0.717) is 32.4 Å². The second-order valence-corrected chi connectivity index (χ2v) is 16.9. The molecule has 0 unspecified atom stereocenters. The molecular weight excluding hydrogens is 526 g/mol. The number of amides is 5. The van der Waals surface area contributed by atoms with Crippen molar-refractivity contribution in [3.05, 3.63) is 0 Å². The second kappa shape index (κ2) is 12.6. The highest BCUT2D eigenvalue weighted by Crippen LogP contribution is 2.38. The van der Waals surface area contributed by atoms with Crippen LogP contribution in [0.15, 0.2) is 0 Å². The SMILES string of the molecule is C[C@H](NC(=O)[C@@H]1CCCN1C(=O)[C@@H]1CCN(C(=O)[C@H](O[Si](C)(C)C(C)(C)C)[C@H](C)NC(=O)O)C1)[C@@H](O)C(N)=O. The van der Waals surface area contributed by atoms with Gasteiger partial charge < -0.3 is 40.8 Å². The van der Waals surface area contributed by atoms with E-state index >= 15 is 0 Å². The fraction of sp³-hybridized carbons (Fsp3) is 0.800. The number of primary amides is 1. The Hall–Kier alpha value is -2.71. The van der Waals surface area contributed by atoms with Crippen molar-refractivity contribution in [1.29, 1.82) is 0 Å². The van der Waals surface area contributed by atoms with Gasteiger partial charge >= 0.3 is 6.09 Å². The lowest BCUT2D eigenvalue weighted by atomic mass is 10.1. The van der Waals surface area contributed by atoms with Gasteiger partial charge in [0.05, 0.1) is 18.0 Å². The summed E-state index contributed by atoms with van der Waals surface area (Å²) in [6.07, 6.45) is -2.39. The molecule has 0 saturated carbocycles. The minimum Gasteiger partial charge on any atom is -0.465 e. The smallest absolute Gasteiger partial charge is 0.404 e. The van der Waals surface area contributed by atoms with E-state index in [-0.39, 0.29) is 23.4 Å². The third-order valence-electron chi connectivity index (χ3n) is 8.10. The minimum atomic E-state index is -2.45. The largest absolute Gasteiger partial charge is 0.465 e. The van der Waals surface area contributed by atoms with Crippen LogP contribution in [-0.4, -0.2) is 108 Å². The number of hydrogen-bond acceptors (Lipinski definition) is 7. The normalized spacial score (nSPS) is 23.1. The Morgan fingerprint density at radius 2 is 1.64 bits per heavy atom. The van der Waals surface area contributed by atoms with Crippen LogP contribution in [0.1, 0.15) is 53.9 Å². The van der Waals surface area contributed by atoms with E-state index in [0.717, 1.165) is 0 Å². The highest BCUT2D eigenvalue weighted by Gasteiger charge is 2.46. The molecule has 0 aromatic carbocycles. The monoisotopic (exact) mass is 571 g/mol. The summed E-state index contributed by atoms with van der Waals surface area (Å²) >= 11 is 0. The molecule has 39 heavy (non-hydrogen) atoms. The van der Waals surface area contributed by atoms with E-state index in [1.807, 2.05) is 33.9 Å². The summed E-state index contributed by atoms with van der Waals surface area (Å²) in [6, 6.07) is -2.46. The summed E-state index contributed by atoms with van der Waals surface area (Å²) in [7, 11) is -2.45. The standard InChI is InChI=1S/C25H45N5O8Si/c1-14(18(31)20(26)32)27-21(33)17-9-8-11-30(17)22(34)16-10-12-29(13-16)23(35)19(15(2)28-24(36)37)38-39(6,7)25(3,4)5/h14-19,28,31H,8-13H2,1-7H3,(H2,26,32)(H,27,33)(H,36,37)/t14-,15-,16+,17-,18+,19+/m0/s1. The van der Waals surface area contributed by atoms with Gasteiger partial charge in [-0.05, 0) is 51.2 Å². The van der Waals surface area contributed by atoms with Crippen molar-refractivity contribution in [1.82, 2.24) is 20.4 Å². The number of hydrogen-bond donors (Lipinski definition) is 5. The Bertz CT molecular complexity index is 955. The Balaban J connectivity index is 2.12. The number of likely N-dealkylation sites (tertiary alicyclic amines) is 2. The summed E-state index contributed by atoms with van der Waals surface area (Å²) < 4.78 is 6.38. The highest BCUT2D eigenvalue weighted by atomic mass is 28.4. The van der Waals surface area contributed by atoms with Gasteiger partial charge in [0.15, 0.2) is 14.4 Å². The Morgan fingerprint density at radius 3 is 2.18 bits per heavy atom. The molecule has 2 rings (SSSR count). The molecule has 14 heteroatoms. The van der Waals surface area contributed by atoms with Crippen molar-refractivity contribution < 1.29 is 38.6 Å². The van der Waals surface area contributed by atoms with E-state index in [2.05, 4.69) is 10.6 Å². The third kappa shape index (κ3) is 7.91. The van der Waals surface area contributed by atoms with Gasteiger partial charge in [0.1, 0.15) is 12.1 Å². The van der Waals surface area contributed by atoms with Crippen LogP contribution in [0.3, 0.4) is 0 Å². The number of nitrogens with two attached hydrogens (primary N) is 1. The predicted octanol–water partition coefficient (Wildman–Crippen LogP) is 0.223. The number of rotatable bonds is 10. The summed E-state index contributed by atoms with van der Waals surface area (Å²) in [5, 5.41) is 23.8. The molecule has 6 atom stereocenters. The number of carboxylic acid groups (broad SMARTS) is 1. The summed E-state index contributed by atoms with van der Waals surface area (Å²) in [4.78, 5) is 65.5. The topological polar surface area (TPSA) is 192 Å². The van der Waals surface area contributed by atoms with Gasteiger partial charge in [-0.1, -0.05) is 20.8 Å². The van der Waals surface area contributed by atoms with Crippen LogP contribution in [0.25, 0.3) is 0 Å². The van der Waals surface area contributed by atoms with Crippen molar-refractivity contribution in [3.8, 4) is 0 Å². The van der Waals surface area contributed by atoms with Crippen molar-refractivity contribution in [2.24, 2.45) is 11.7 Å². The molecule has 222 valence electrons. The van der Waals surface area contributed by atoms with Crippen molar-refractivity contribution >= 4 is 38.0 Å². The first-order valence-corrected chi connectivity index (χ1v) is 16.3. The Kier molecular flexibility index (Phi) is 10.5. The Labute approximate surface area is 230 Å². The molecule has 0 aromatic heterocycles. The van der Waals surface area contributed by atoms with Crippen LogP contribution in [0.5, 0.6) is 0 Å². The third-order valence-corrected chi connectivity index (χ3v) is 12.6. The zero-order valence-corrected chi connectivity index (χ0v) is 25.0. The molecule has 5 amide bonds. The molecule has 2 fully saturated rings. The first-order chi connectivity index (χ1) is 17.9. The van der Waals surface area contributed by atoms with E-state index in [1.165, 1.54) is 16.7 Å². The van der Waals surface area contributed by atoms with Crippen LogP contribution in [0, 0.1) is 5.92 Å². The predicted molar refractivity (Wildman–Crippen MR) is 145 cm³/mol. The fourth-order valence-corrected chi connectivity index (χ4v) is 5.95. The van der Waals surface area contributed by atoms with Gasteiger partial charge in [-0.2, -0.15) is 0 Å². The molecule has 0 aliphatic carbocycles. The van der Waals surface area contributed by atoms with E-state index in [9.17, 15) is 34.2 Å². The molecule has 6 N–H and O–H groups in total. The summed E-state index contributed by atoms with van der Waals surface area (Å²) in [6.45, 7) is 13.9. The number of nitrogens with zero attached hydrogens (tertiary/aromatic N) is 2. The fourth-order valence-electron chi connectivity index (χ4n) is 4.66. The van der Waals surface area contributed by atoms with Gasteiger partial charge in [0.2, 0.25) is 17.7 Å². The lowest BCUT2D eigenvalue weighted by Gasteiger charge is -2.41. The van der Waals surface area contributed by atoms with Crippen molar-refractivity contribution in [2.75, 3.05) is 19.6 Å². The maximum Gasteiger partial charge on any atom is 0.404 e. The van der Waals surface area contributed by atoms with Gasteiger partial charge in [0.25, 0.3) is 5.91 Å². The molecule has 0 spiro atoms. The maximum absolute atomic E-state index is 13.6.